The molecular weight excluding hydrogens is 334 g/mol. The molecule has 1 aromatic carbocycles. The summed E-state index contributed by atoms with van der Waals surface area (Å²) in [5.74, 6) is -0.748. The van der Waals surface area contributed by atoms with Crippen LogP contribution in [0.15, 0.2) is 53.5 Å². The predicted octanol–water partition coefficient (Wildman–Crippen LogP) is 0.817. The van der Waals surface area contributed by atoms with Crippen molar-refractivity contribution in [1.82, 2.24) is 9.47 Å². The molecule has 2 amide bonds. The second-order valence-corrected chi connectivity index (χ2v) is 6.41. The second kappa shape index (κ2) is 7.53. The highest BCUT2D eigenvalue weighted by atomic mass is 16.3. The lowest BCUT2D eigenvalue weighted by atomic mass is 10.2. The largest absolute Gasteiger partial charge is 0.391 e. The summed E-state index contributed by atoms with van der Waals surface area (Å²) in [7, 11) is 0. The molecule has 1 aromatic heterocycles. The standard InChI is InChI=1S/C19H21N3O4/c1-13(23)22-12-15(24)10-17(22)18(25)20-16-8-5-9-21(19(16)26)11-14-6-3-2-4-7-14/h2-9,15,17,24H,10-12H2,1H3,(H,20,25)/t15-,17-/m1/s1. The minimum atomic E-state index is -0.773. The van der Waals surface area contributed by atoms with E-state index in [0.29, 0.717) is 6.54 Å². The van der Waals surface area contributed by atoms with Crippen molar-refractivity contribution < 1.29 is 14.7 Å². The summed E-state index contributed by atoms with van der Waals surface area (Å²) < 4.78 is 1.51. The summed E-state index contributed by atoms with van der Waals surface area (Å²) in [6.45, 7) is 1.87. The Balaban J connectivity index is 1.78. The maximum absolute atomic E-state index is 12.6. The molecule has 7 heteroatoms. The number of likely N-dealkylation sites (tertiary alicyclic amines) is 1. The van der Waals surface area contributed by atoms with Crippen LogP contribution < -0.4 is 10.9 Å². The molecule has 0 saturated carbocycles. The number of anilines is 1. The van der Waals surface area contributed by atoms with E-state index in [2.05, 4.69) is 5.32 Å². The van der Waals surface area contributed by atoms with Gasteiger partial charge in [0.1, 0.15) is 11.7 Å². The minimum Gasteiger partial charge on any atom is -0.391 e. The Bertz CT molecular complexity index is 863. The number of nitrogens with one attached hydrogen (secondary N) is 1. The fraction of sp³-hybridized carbons (Fsp3) is 0.316. The molecule has 1 aliphatic heterocycles. The Morgan fingerprint density at radius 1 is 1.19 bits per heavy atom. The highest BCUT2D eigenvalue weighted by Crippen LogP contribution is 2.19. The summed E-state index contributed by atoms with van der Waals surface area (Å²) in [6, 6.07) is 12.0. The second-order valence-electron chi connectivity index (χ2n) is 6.41. The van der Waals surface area contributed by atoms with Crippen LogP contribution in [0.25, 0.3) is 0 Å². The van der Waals surface area contributed by atoms with Crippen molar-refractivity contribution in [2.45, 2.75) is 32.0 Å². The summed E-state index contributed by atoms with van der Waals surface area (Å²) in [4.78, 5) is 38.1. The molecule has 0 radical (unpaired) electrons. The predicted molar refractivity (Wildman–Crippen MR) is 96.7 cm³/mol. The van der Waals surface area contributed by atoms with Gasteiger partial charge >= 0.3 is 0 Å². The van der Waals surface area contributed by atoms with Crippen molar-refractivity contribution in [3.8, 4) is 0 Å². The molecule has 2 atom stereocenters. The molecule has 1 aliphatic rings. The Morgan fingerprint density at radius 2 is 1.92 bits per heavy atom. The van der Waals surface area contributed by atoms with Gasteiger partial charge in [0.15, 0.2) is 0 Å². The number of hydrogen-bond acceptors (Lipinski definition) is 4. The van der Waals surface area contributed by atoms with Gasteiger partial charge in [0.05, 0.1) is 12.6 Å². The summed E-state index contributed by atoms with van der Waals surface area (Å²) in [5, 5.41) is 12.4. The summed E-state index contributed by atoms with van der Waals surface area (Å²) in [6.07, 6.45) is 1.09. The molecule has 2 N–H and O–H groups in total. The number of amides is 2. The number of aromatic nitrogens is 1. The highest BCUT2D eigenvalue weighted by molar-refractivity contribution is 5.97. The number of carbonyl (C=O) groups excluding carboxylic acids is 2. The average molecular weight is 355 g/mol. The molecule has 26 heavy (non-hydrogen) atoms. The first kappa shape index (κ1) is 17.9. The van der Waals surface area contributed by atoms with E-state index in [1.165, 1.54) is 22.5 Å². The van der Waals surface area contributed by atoms with E-state index in [4.69, 9.17) is 0 Å². The van der Waals surface area contributed by atoms with Crippen molar-refractivity contribution in [1.29, 1.82) is 0 Å². The number of aliphatic hydroxyl groups is 1. The van der Waals surface area contributed by atoms with Crippen LogP contribution in [0.4, 0.5) is 5.69 Å². The van der Waals surface area contributed by atoms with Crippen LogP contribution in [0.1, 0.15) is 18.9 Å². The molecule has 3 rings (SSSR count). The van der Waals surface area contributed by atoms with E-state index in [1.807, 2.05) is 30.3 Å². The lowest BCUT2D eigenvalue weighted by molar-refractivity contribution is -0.134. The van der Waals surface area contributed by atoms with Crippen LogP contribution in [-0.2, 0) is 16.1 Å². The van der Waals surface area contributed by atoms with Gasteiger partial charge in [-0.25, -0.2) is 0 Å². The molecule has 0 unspecified atom stereocenters. The first-order valence-electron chi connectivity index (χ1n) is 8.45. The number of pyridine rings is 1. The topological polar surface area (TPSA) is 91.6 Å². The maximum Gasteiger partial charge on any atom is 0.274 e. The molecule has 0 aliphatic carbocycles. The molecule has 136 valence electrons. The van der Waals surface area contributed by atoms with Gasteiger partial charge in [-0.05, 0) is 17.7 Å². The SMILES string of the molecule is CC(=O)N1C[C@H](O)C[C@@H]1C(=O)Nc1cccn(Cc2ccccc2)c1=O. The lowest BCUT2D eigenvalue weighted by Gasteiger charge is -2.22. The first-order valence-corrected chi connectivity index (χ1v) is 8.45. The number of β-amino-alcohol motifs (C(OH)–C–C–N with tert-alkyl or cyclic N) is 1. The number of hydrogen-bond donors (Lipinski definition) is 2. The van der Waals surface area contributed by atoms with Gasteiger partial charge in [-0.3, -0.25) is 14.4 Å². The zero-order valence-corrected chi connectivity index (χ0v) is 14.5. The third kappa shape index (κ3) is 3.83. The number of benzene rings is 1. The average Bonchev–Trinajstić information content (AvgIpc) is 3.02. The van der Waals surface area contributed by atoms with Gasteiger partial charge < -0.3 is 19.9 Å². The minimum absolute atomic E-state index is 0.125. The molecule has 1 saturated heterocycles. The van der Waals surface area contributed by atoms with E-state index in [1.54, 1.807) is 12.3 Å². The third-order valence-electron chi connectivity index (χ3n) is 4.46. The molecule has 7 nitrogen and oxygen atoms in total. The maximum atomic E-state index is 12.6. The van der Waals surface area contributed by atoms with Crippen molar-refractivity contribution >= 4 is 17.5 Å². The monoisotopic (exact) mass is 355 g/mol. The molecule has 1 fully saturated rings. The van der Waals surface area contributed by atoms with E-state index < -0.39 is 18.1 Å². The Morgan fingerprint density at radius 3 is 2.62 bits per heavy atom. The van der Waals surface area contributed by atoms with Crippen molar-refractivity contribution in [2.24, 2.45) is 0 Å². The van der Waals surface area contributed by atoms with Crippen LogP contribution in [0.3, 0.4) is 0 Å². The Kier molecular flexibility index (Phi) is 5.18. The van der Waals surface area contributed by atoms with Gasteiger partial charge in [0.25, 0.3) is 5.56 Å². The van der Waals surface area contributed by atoms with Crippen LogP contribution >= 0.6 is 0 Å². The van der Waals surface area contributed by atoms with Crippen LogP contribution in [0, 0.1) is 0 Å². The number of aliphatic hydroxyl groups excluding tert-OH is 1. The first-order chi connectivity index (χ1) is 12.5. The zero-order valence-electron chi connectivity index (χ0n) is 14.5. The van der Waals surface area contributed by atoms with Gasteiger partial charge in [-0.1, -0.05) is 30.3 Å². The molecule has 2 heterocycles. The van der Waals surface area contributed by atoms with Crippen LogP contribution in [0.2, 0.25) is 0 Å². The summed E-state index contributed by atoms with van der Waals surface area (Å²) in [5.41, 5.74) is 0.802. The Hall–Kier alpha value is -2.93. The Labute approximate surface area is 150 Å². The third-order valence-corrected chi connectivity index (χ3v) is 4.46. The number of carbonyl (C=O) groups is 2. The summed E-state index contributed by atoms with van der Waals surface area (Å²) >= 11 is 0. The van der Waals surface area contributed by atoms with E-state index in [0.717, 1.165) is 5.56 Å². The quantitative estimate of drug-likeness (QED) is 0.849. The zero-order chi connectivity index (χ0) is 18.7. The van der Waals surface area contributed by atoms with Crippen LogP contribution in [0.5, 0.6) is 0 Å². The number of rotatable bonds is 4. The van der Waals surface area contributed by atoms with Crippen LogP contribution in [-0.4, -0.2) is 45.1 Å². The van der Waals surface area contributed by atoms with E-state index in [9.17, 15) is 19.5 Å². The fourth-order valence-electron chi connectivity index (χ4n) is 3.16. The molecule has 0 bridgehead atoms. The van der Waals surface area contributed by atoms with Crippen molar-refractivity contribution in [3.63, 3.8) is 0 Å². The molecule has 0 spiro atoms. The van der Waals surface area contributed by atoms with Gasteiger partial charge in [0, 0.05) is 26.1 Å². The van der Waals surface area contributed by atoms with Gasteiger partial charge in [-0.2, -0.15) is 0 Å². The smallest absolute Gasteiger partial charge is 0.274 e. The van der Waals surface area contributed by atoms with E-state index >= 15 is 0 Å². The normalized spacial score (nSPS) is 19.4. The van der Waals surface area contributed by atoms with E-state index in [-0.39, 0.29) is 30.1 Å². The van der Waals surface area contributed by atoms with Gasteiger partial charge in [-0.15, -0.1) is 0 Å². The molecular formula is C19H21N3O4. The number of nitrogens with zero attached hydrogens (tertiary/aromatic N) is 2. The van der Waals surface area contributed by atoms with Gasteiger partial charge in [0.2, 0.25) is 11.8 Å². The highest BCUT2D eigenvalue weighted by Gasteiger charge is 2.37. The van der Waals surface area contributed by atoms with Crippen molar-refractivity contribution in [3.05, 3.63) is 64.6 Å². The fourth-order valence-corrected chi connectivity index (χ4v) is 3.16. The molecule has 2 aromatic rings. The lowest BCUT2D eigenvalue weighted by Crippen LogP contribution is -2.43. The van der Waals surface area contributed by atoms with Crippen molar-refractivity contribution in [2.75, 3.05) is 11.9 Å².